The Hall–Kier alpha value is -2.61. The summed E-state index contributed by atoms with van der Waals surface area (Å²) < 4.78 is 6.60. The molecule has 5 nitrogen and oxygen atoms in total. The summed E-state index contributed by atoms with van der Waals surface area (Å²) in [7, 11) is 1.37. The highest BCUT2D eigenvalue weighted by Crippen LogP contribution is 2.08. The van der Waals surface area contributed by atoms with E-state index in [0.717, 1.165) is 24.2 Å². The van der Waals surface area contributed by atoms with Crippen LogP contribution in [0.15, 0.2) is 36.8 Å². The number of benzene rings is 1. The number of esters is 1. The molecule has 20 heavy (non-hydrogen) atoms. The molecule has 0 aliphatic carbocycles. The molecule has 0 unspecified atom stereocenters. The number of ether oxygens (including phenoxy) is 1. The zero-order chi connectivity index (χ0) is 14.4. The van der Waals surface area contributed by atoms with E-state index in [1.54, 1.807) is 24.7 Å². The molecule has 1 aromatic carbocycles. The summed E-state index contributed by atoms with van der Waals surface area (Å²) in [6.07, 6.45) is 4.43. The van der Waals surface area contributed by atoms with Gasteiger partial charge in [0.1, 0.15) is 0 Å². The second-order valence-corrected chi connectivity index (χ2v) is 4.39. The zero-order valence-electron chi connectivity index (χ0n) is 11.2. The Balaban J connectivity index is 1.98. The van der Waals surface area contributed by atoms with Crippen LogP contribution in [0.5, 0.6) is 0 Å². The van der Waals surface area contributed by atoms with Crippen LogP contribution in [0.25, 0.3) is 0 Å². The van der Waals surface area contributed by atoms with E-state index in [0.29, 0.717) is 5.56 Å². The van der Waals surface area contributed by atoms with Gasteiger partial charge in [0.15, 0.2) is 0 Å². The maximum absolute atomic E-state index is 11.3. The van der Waals surface area contributed by atoms with Crippen LogP contribution in [0.3, 0.4) is 0 Å². The lowest BCUT2D eigenvalue weighted by molar-refractivity contribution is -0.139. The van der Waals surface area contributed by atoms with Crippen LogP contribution in [-0.2, 0) is 28.9 Å². The van der Waals surface area contributed by atoms with Gasteiger partial charge in [-0.05, 0) is 24.1 Å². The van der Waals surface area contributed by atoms with Gasteiger partial charge in [0.05, 0.1) is 31.5 Å². The van der Waals surface area contributed by atoms with Crippen molar-refractivity contribution in [3.8, 4) is 6.07 Å². The predicted octanol–water partition coefficient (Wildman–Crippen LogP) is 1.71. The lowest BCUT2D eigenvalue weighted by Gasteiger charge is -2.07. The van der Waals surface area contributed by atoms with Crippen molar-refractivity contribution >= 4 is 5.97 Å². The molecule has 1 aromatic heterocycles. The van der Waals surface area contributed by atoms with Crippen molar-refractivity contribution in [2.24, 2.45) is 0 Å². The highest BCUT2D eigenvalue weighted by Gasteiger charge is 2.08. The van der Waals surface area contributed by atoms with Crippen molar-refractivity contribution in [1.82, 2.24) is 9.55 Å². The number of aryl methyl sites for hydroxylation is 2. The van der Waals surface area contributed by atoms with Gasteiger partial charge in [-0.1, -0.05) is 12.1 Å². The van der Waals surface area contributed by atoms with Gasteiger partial charge in [-0.2, -0.15) is 5.26 Å². The molecule has 0 bridgehead atoms. The average Bonchev–Trinajstić information content (AvgIpc) is 2.92. The Labute approximate surface area is 117 Å². The van der Waals surface area contributed by atoms with Crippen LogP contribution in [0, 0.1) is 11.3 Å². The third kappa shape index (κ3) is 3.45. The van der Waals surface area contributed by atoms with Gasteiger partial charge >= 0.3 is 5.97 Å². The van der Waals surface area contributed by atoms with E-state index in [1.807, 2.05) is 16.7 Å². The summed E-state index contributed by atoms with van der Waals surface area (Å²) in [5.41, 5.74) is 2.63. The fourth-order valence-electron chi connectivity index (χ4n) is 1.91. The molecule has 0 radical (unpaired) electrons. The van der Waals surface area contributed by atoms with Gasteiger partial charge in [0, 0.05) is 18.4 Å². The molecule has 102 valence electrons. The third-order valence-corrected chi connectivity index (χ3v) is 3.08. The van der Waals surface area contributed by atoms with Crippen LogP contribution < -0.4 is 0 Å². The van der Waals surface area contributed by atoms with Gasteiger partial charge in [-0.15, -0.1) is 0 Å². The molecular formula is C15H15N3O2. The minimum atomic E-state index is -0.273. The number of carbonyl (C=O) groups excluding carboxylic acids is 1. The van der Waals surface area contributed by atoms with Crippen molar-refractivity contribution in [1.29, 1.82) is 5.26 Å². The van der Waals surface area contributed by atoms with Crippen LogP contribution in [0.2, 0.25) is 0 Å². The third-order valence-electron chi connectivity index (χ3n) is 3.08. The molecule has 0 spiro atoms. The van der Waals surface area contributed by atoms with Gasteiger partial charge < -0.3 is 9.30 Å². The number of nitrogens with zero attached hydrogens (tertiary/aromatic N) is 3. The predicted molar refractivity (Wildman–Crippen MR) is 72.8 cm³/mol. The van der Waals surface area contributed by atoms with E-state index in [-0.39, 0.29) is 12.4 Å². The Morgan fingerprint density at radius 3 is 2.80 bits per heavy atom. The number of aromatic nitrogens is 2. The van der Waals surface area contributed by atoms with Gasteiger partial charge in [-0.3, -0.25) is 4.79 Å². The first-order chi connectivity index (χ1) is 9.72. The number of rotatable bonds is 5. The molecule has 0 amide bonds. The highest BCUT2D eigenvalue weighted by atomic mass is 16.5. The Bertz CT molecular complexity index is 623. The molecule has 1 heterocycles. The molecule has 0 fully saturated rings. The maximum atomic E-state index is 11.3. The largest absolute Gasteiger partial charge is 0.469 e. The second kappa shape index (κ2) is 6.53. The van der Waals surface area contributed by atoms with Crippen molar-refractivity contribution < 1.29 is 9.53 Å². The highest BCUT2D eigenvalue weighted by molar-refractivity contribution is 5.71. The van der Waals surface area contributed by atoms with E-state index in [2.05, 4.69) is 15.8 Å². The molecule has 2 rings (SSSR count). The fraction of sp³-hybridized carbons (Fsp3) is 0.267. The summed E-state index contributed by atoms with van der Waals surface area (Å²) in [5.74, 6) is -0.273. The summed E-state index contributed by atoms with van der Waals surface area (Å²) in [6.45, 7) is 0.734. The average molecular weight is 269 g/mol. The molecule has 0 aliphatic rings. The Morgan fingerprint density at radius 2 is 2.15 bits per heavy atom. The Kier molecular flexibility index (Phi) is 4.51. The topological polar surface area (TPSA) is 67.9 Å². The fourth-order valence-corrected chi connectivity index (χ4v) is 1.91. The monoisotopic (exact) mass is 269 g/mol. The van der Waals surface area contributed by atoms with E-state index in [4.69, 9.17) is 5.26 Å². The molecular weight excluding hydrogens is 254 g/mol. The van der Waals surface area contributed by atoms with E-state index in [1.165, 1.54) is 7.11 Å². The van der Waals surface area contributed by atoms with E-state index >= 15 is 0 Å². The molecule has 5 heteroatoms. The van der Waals surface area contributed by atoms with Gasteiger partial charge in [0.2, 0.25) is 0 Å². The van der Waals surface area contributed by atoms with E-state index in [9.17, 15) is 4.79 Å². The minimum absolute atomic E-state index is 0.226. The summed E-state index contributed by atoms with van der Waals surface area (Å²) in [4.78, 5) is 15.3. The standard InChI is InChI=1S/C15H15N3O2/c1-20-15(19)8-14-10-17-11-18(14)7-6-12-2-4-13(9-16)5-3-12/h2-5,10-11H,6-8H2,1H3. The number of imidazole rings is 1. The summed E-state index contributed by atoms with van der Waals surface area (Å²) in [6, 6.07) is 9.58. The van der Waals surface area contributed by atoms with Crippen molar-refractivity contribution in [2.75, 3.05) is 7.11 Å². The SMILES string of the molecule is COC(=O)Cc1cncn1CCc1ccc(C#N)cc1. The first-order valence-corrected chi connectivity index (χ1v) is 6.28. The number of carbonyl (C=O) groups is 1. The van der Waals surface area contributed by atoms with Crippen molar-refractivity contribution in [3.63, 3.8) is 0 Å². The number of hydrogen-bond acceptors (Lipinski definition) is 4. The zero-order valence-corrected chi connectivity index (χ0v) is 11.2. The van der Waals surface area contributed by atoms with E-state index < -0.39 is 0 Å². The van der Waals surface area contributed by atoms with Gasteiger partial charge in [0.25, 0.3) is 0 Å². The molecule has 0 aliphatic heterocycles. The first kappa shape index (κ1) is 13.8. The number of hydrogen-bond donors (Lipinski definition) is 0. The molecule has 0 atom stereocenters. The Morgan fingerprint density at radius 1 is 1.40 bits per heavy atom. The van der Waals surface area contributed by atoms with Crippen LogP contribution in [0.1, 0.15) is 16.8 Å². The first-order valence-electron chi connectivity index (χ1n) is 6.28. The normalized spacial score (nSPS) is 10.0. The van der Waals surface area contributed by atoms with Crippen LogP contribution in [0.4, 0.5) is 0 Å². The van der Waals surface area contributed by atoms with Gasteiger partial charge in [-0.25, -0.2) is 4.98 Å². The molecule has 0 N–H and O–H groups in total. The molecule has 0 saturated carbocycles. The lowest BCUT2D eigenvalue weighted by Crippen LogP contribution is -2.11. The number of methoxy groups -OCH3 is 1. The smallest absolute Gasteiger partial charge is 0.311 e. The summed E-state index contributed by atoms with van der Waals surface area (Å²) in [5, 5.41) is 8.75. The minimum Gasteiger partial charge on any atom is -0.469 e. The second-order valence-electron chi connectivity index (χ2n) is 4.39. The van der Waals surface area contributed by atoms with Crippen molar-refractivity contribution in [3.05, 3.63) is 53.6 Å². The molecule has 2 aromatic rings. The lowest BCUT2D eigenvalue weighted by atomic mass is 10.1. The quantitative estimate of drug-likeness (QED) is 0.775. The molecule has 0 saturated heterocycles. The van der Waals surface area contributed by atoms with Crippen LogP contribution in [-0.4, -0.2) is 22.6 Å². The maximum Gasteiger partial charge on any atom is 0.311 e. The van der Waals surface area contributed by atoms with Crippen LogP contribution >= 0.6 is 0 Å². The van der Waals surface area contributed by atoms with Crippen molar-refractivity contribution in [2.45, 2.75) is 19.4 Å². The number of nitriles is 1. The summed E-state index contributed by atoms with van der Waals surface area (Å²) >= 11 is 0.